The molecule has 184 valence electrons. The Bertz CT molecular complexity index is 812. The molecule has 0 aliphatic carbocycles. The summed E-state index contributed by atoms with van der Waals surface area (Å²) in [7, 11) is 0. The van der Waals surface area contributed by atoms with Gasteiger partial charge >= 0.3 is 12.0 Å². The molecule has 0 bridgehead atoms. The van der Waals surface area contributed by atoms with Crippen molar-refractivity contribution in [1.29, 1.82) is 0 Å². The van der Waals surface area contributed by atoms with Crippen LogP contribution in [0.4, 0.5) is 10.5 Å². The van der Waals surface area contributed by atoms with Gasteiger partial charge in [0.1, 0.15) is 12.4 Å². The molecule has 0 aliphatic rings. The van der Waals surface area contributed by atoms with Crippen molar-refractivity contribution in [3.05, 3.63) is 29.8 Å². The molecule has 3 amide bonds. The van der Waals surface area contributed by atoms with Gasteiger partial charge in [-0.05, 0) is 57.2 Å². The van der Waals surface area contributed by atoms with E-state index in [1.165, 1.54) is 0 Å². The predicted molar refractivity (Wildman–Crippen MR) is 128 cm³/mol. The van der Waals surface area contributed by atoms with Crippen molar-refractivity contribution in [2.45, 2.75) is 67.4 Å². The first-order valence-electron chi connectivity index (χ1n) is 11.4. The minimum atomic E-state index is -0.617. The van der Waals surface area contributed by atoms with Gasteiger partial charge < -0.3 is 21.1 Å². The number of esters is 1. The van der Waals surface area contributed by atoms with Crippen molar-refractivity contribution in [2.75, 3.05) is 11.9 Å². The van der Waals surface area contributed by atoms with Crippen LogP contribution in [0.1, 0.15) is 66.4 Å². The molecule has 2 atom stereocenters. The summed E-state index contributed by atoms with van der Waals surface area (Å²) < 4.78 is 5.31. The number of carbonyl (C=O) groups excluding carboxylic acids is 4. The zero-order valence-corrected chi connectivity index (χ0v) is 20.7. The van der Waals surface area contributed by atoms with Crippen LogP contribution in [0, 0.1) is 23.2 Å². The standard InChI is InChI=1S/C25H39N3O5/c1-16(2)17(3)21(29)14-19(8-7-13-27-24(26)32)22(30)28-20-11-9-18(10-12-20)15-33-23(31)25(4,5)6/h9-12,16-17,19H,7-8,13-15H2,1-6H3,(H,28,30)(H3,26,27,32)/t17-,19+/m0/s1. The van der Waals surface area contributed by atoms with Gasteiger partial charge in [-0.25, -0.2) is 4.79 Å². The minimum absolute atomic E-state index is 0.0454. The van der Waals surface area contributed by atoms with Crippen LogP contribution < -0.4 is 16.4 Å². The number of urea groups is 1. The van der Waals surface area contributed by atoms with Crippen LogP contribution in [-0.2, 0) is 25.7 Å². The lowest BCUT2D eigenvalue weighted by Crippen LogP contribution is -2.32. The zero-order chi connectivity index (χ0) is 25.2. The number of ketones is 1. The number of primary amides is 1. The second-order valence-electron chi connectivity index (χ2n) is 9.85. The lowest BCUT2D eigenvalue weighted by atomic mass is 9.86. The van der Waals surface area contributed by atoms with Gasteiger partial charge in [-0.2, -0.15) is 0 Å². The van der Waals surface area contributed by atoms with E-state index in [1.54, 1.807) is 45.0 Å². The quantitative estimate of drug-likeness (QED) is 0.320. The molecule has 1 rings (SSSR count). The number of nitrogens with one attached hydrogen (secondary N) is 2. The highest BCUT2D eigenvalue weighted by molar-refractivity contribution is 5.95. The first-order chi connectivity index (χ1) is 15.3. The predicted octanol–water partition coefficient (Wildman–Crippen LogP) is 4.03. The summed E-state index contributed by atoms with van der Waals surface area (Å²) in [5.74, 6) is -0.944. The van der Waals surface area contributed by atoms with E-state index >= 15 is 0 Å². The Hall–Kier alpha value is -2.90. The fourth-order valence-corrected chi connectivity index (χ4v) is 2.98. The number of hydrogen-bond donors (Lipinski definition) is 3. The Balaban J connectivity index is 2.76. The first-order valence-corrected chi connectivity index (χ1v) is 11.4. The Morgan fingerprint density at radius 1 is 1.03 bits per heavy atom. The minimum Gasteiger partial charge on any atom is -0.460 e. The highest BCUT2D eigenvalue weighted by Gasteiger charge is 2.26. The topological polar surface area (TPSA) is 128 Å². The molecular weight excluding hydrogens is 422 g/mol. The van der Waals surface area contributed by atoms with E-state index in [-0.39, 0.29) is 42.5 Å². The van der Waals surface area contributed by atoms with Crippen molar-refractivity contribution >= 4 is 29.4 Å². The third kappa shape index (κ3) is 10.5. The maximum Gasteiger partial charge on any atom is 0.312 e. The number of anilines is 1. The maximum atomic E-state index is 12.9. The van der Waals surface area contributed by atoms with Crippen LogP contribution in [0.5, 0.6) is 0 Å². The molecule has 33 heavy (non-hydrogen) atoms. The molecule has 4 N–H and O–H groups in total. The van der Waals surface area contributed by atoms with Crippen LogP contribution in [-0.4, -0.2) is 30.2 Å². The zero-order valence-electron chi connectivity index (χ0n) is 20.7. The highest BCUT2D eigenvalue weighted by Crippen LogP contribution is 2.22. The van der Waals surface area contributed by atoms with Crippen LogP contribution in [0.3, 0.4) is 0 Å². The normalized spacial score (nSPS) is 13.2. The molecule has 0 aromatic heterocycles. The summed E-state index contributed by atoms with van der Waals surface area (Å²) in [5, 5.41) is 5.38. The highest BCUT2D eigenvalue weighted by atomic mass is 16.5. The number of carbonyl (C=O) groups is 4. The molecule has 8 heteroatoms. The van der Waals surface area contributed by atoms with Gasteiger partial charge in [-0.3, -0.25) is 14.4 Å². The number of benzene rings is 1. The van der Waals surface area contributed by atoms with Crippen molar-refractivity contribution in [1.82, 2.24) is 5.32 Å². The second-order valence-corrected chi connectivity index (χ2v) is 9.85. The Morgan fingerprint density at radius 3 is 2.15 bits per heavy atom. The van der Waals surface area contributed by atoms with E-state index in [4.69, 9.17) is 10.5 Å². The Kier molecular flexibility index (Phi) is 11.1. The Morgan fingerprint density at radius 2 is 1.64 bits per heavy atom. The van der Waals surface area contributed by atoms with Crippen molar-refractivity contribution in [3.8, 4) is 0 Å². The lowest BCUT2D eigenvalue weighted by Gasteiger charge is -2.20. The number of nitrogens with two attached hydrogens (primary N) is 1. The van der Waals surface area contributed by atoms with Crippen LogP contribution >= 0.6 is 0 Å². The molecule has 0 heterocycles. The van der Waals surface area contributed by atoms with Gasteiger partial charge in [0.25, 0.3) is 0 Å². The second kappa shape index (κ2) is 13.0. The average Bonchev–Trinajstić information content (AvgIpc) is 2.73. The summed E-state index contributed by atoms with van der Waals surface area (Å²) >= 11 is 0. The molecule has 0 spiro atoms. The molecule has 1 aromatic rings. The molecular formula is C25H39N3O5. The average molecular weight is 462 g/mol. The summed E-state index contributed by atoms with van der Waals surface area (Å²) in [4.78, 5) is 48.3. The van der Waals surface area contributed by atoms with E-state index in [9.17, 15) is 19.2 Å². The molecule has 8 nitrogen and oxygen atoms in total. The van der Waals surface area contributed by atoms with E-state index in [0.717, 1.165) is 5.56 Å². The van der Waals surface area contributed by atoms with Crippen molar-refractivity contribution in [2.24, 2.45) is 28.9 Å². The van der Waals surface area contributed by atoms with Gasteiger partial charge in [0, 0.05) is 30.5 Å². The van der Waals surface area contributed by atoms with Crippen molar-refractivity contribution in [3.63, 3.8) is 0 Å². The van der Waals surface area contributed by atoms with Crippen LogP contribution in [0.15, 0.2) is 24.3 Å². The largest absolute Gasteiger partial charge is 0.460 e. The monoisotopic (exact) mass is 461 g/mol. The number of rotatable bonds is 12. The fourth-order valence-electron chi connectivity index (χ4n) is 2.98. The van der Waals surface area contributed by atoms with E-state index in [0.29, 0.717) is 25.1 Å². The van der Waals surface area contributed by atoms with Crippen LogP contribution in [0.25, 0.3) is 0 Å². The third-order valence-corrected chi connectivity index (χ3v) is 5.56. The van der Waals surface area contributed by atoms with Gasteiger partial charge in [0.05, 0.1) is 5.41 Å². The lowest BCUT2D eigenvalue weighted by molar-refractivity contribution is -0.154. The molecule has 0 fully saturated rings. The fraction of sp³-hybridized carbons (Fsp3) is 0.600. The molecule has 0 saturated heterocycles. The van der Waals surface area contributed by atoms with E-state index in [1.807, 2.05) is 20.8 Å². The number of hydrogen-bond acceptors (Lipinski definition) is 5. The van der Waals surface area contributed by atoms with Gasteiger partial charge in [0.15, 0.2) is 0 Å². The van der Waals surface area contributed by atoms with E-state index < -0.39 is 17.4 Å². The molecule has 0 unspecified atom stereocenters. The summed E-state index contributed by atoms with van der Waals surface area (Å²) in [6, 6.07) is 6.42. The van der Waals surface area contributed by atoms with E-state index in [2.05, 4.69) is 10.6 Å². The summed E-state index contributed by atoms with van der Waals surface area (Å²) in [5.41, 5.74) is 5.92. The maximum absolute atomic E-state index is 12.9. The van der Waals surface area contributed by atoms with Gasteiger partial charge in [0.2, 0.25) is 5.91 Å². The summed E-state index contributed by atoms with van der Waals surface area (Å²) in [6.07, 6.45) is 1.12. The number of Topliss-reactive ketones (excluding diaryl/α,β-unsaturated/α-hetero) is 1. The molecule has 0 saturated carbocycles. The molecule has 1 aromatic carbocycles. The first kappa shape index (κ1) is 28.1. The number of amides is 3. The smallest absolute Gasteiger partial charge is 0.312 e. The van der Waals surface area contributed by atoms with Gasteiger partial charge in [-0.1, -0.05) is 32.9 Å². The molecule has 0 aliphatic heterocycles. The third-order valence-electron chi connectivity index (χ3n) is 5.56. The SMILES string of the molecule is CC(C)[C@H](C)C(=O)C[C@@H](CCCNC(N)=O)C(=O)Nc1ccc(COC(=O)C(C)(C)C)cc1. The van der Waals surface area contributed by atoms with Crippen LogP contribution in [0.2, 0.25) is 0 Å². The number of ether oxygens (including phenoxy) is 1. The Labute approximate surface area is 197 Å². The molecule has 0 radical (unpaired) electrons. The summed E-state index contributed by atoms with van der Waals surface area (Å²) in [6.45, 7) is 11.7. The van der Waals surface area contributed by atoms with Gasteiger partial charge in [-0.15, -0.1) is 0 Å². The van der Waals surface area contributed by atoms with Crippen molar-refractivity contribution < 1.29 is 23.9 Å².